The number of thioether (sulfide) groups is 1. The summed E-state index contributed by atoms with van der Waals surface area (Å²) in [4.78, 5) is 25.5. The van der Waals surface area contributed by atoms with Crippen molar-refractivity contribution >= 4 is 33.7 Å². The minimum absolute atomic E-state index is 0.0660. The topological polar surface area (TPSA) is 92.8 Å². The van der Waals surface area contributed by atoms with Gasteiger partial charge >= 0.3 is 5.97 Å². The lowest BCUT2D eigenvalue weighted by atomic mass is 10.2. The fraction of sp³-hybridized carbons (Fsp3) is 0.391. The van der Waals surface area contributed by atoms with Crippen LogP contribution in [0, 0.1) is 0 Å². The Balaban J connectivity index is 1.48. The van der Waals surface area contributed by atoms with Gasteiger partial charge in [-0.15, -0.1) is 11.8 Å². The molecule has 7 nitrogen and oxygen atoms in total. The Kier molecular flexibility index (Phi) is 9.13. The average Bonchev–Trinajstić information content (AvgIpc) is 3.11. The minimum Gasteiger partial charge on any atom is -0.452 e. The molecule has 3 rings (SSSR count). The van der Waals surface area contributed by atoms with Crippen LogP contribution >= 0.6 is 11.8 Å². The molecule has 1 heterocycles. The first-order valence-electron chi connectivity index (χ1n) is 10.7. The smallest absolute Gasteiger partial charge is 0.338 e. The fourth-order valence-electron chi connectivity index (χ4n) is 3.36. The van der Waals surface area contributed by atoms with Crippen LogP contribution in [0.1, 0.15) is 36.0 Å². The largest absolute Gasteiger partial charge is 0.452 e. The van der Waals surface area contributed by atoms with E-state index in [2.05, 4.69) is 5.32 Å². The van der Waals surface area contributed by atoms with Crippen LogP contribution in [0.15, 0.2) is 64.4 Å². The quantitative estimate of drug-likeness (QED) is 0.339. The molecule has 2 aromatic rings. The Bertz CT molecular complexity index is 1000. The standard InChI is InChI=1S/C23H28N2O5S2/c26-22(24-13-16-31-20-10-4-3-5-11-20)18-30-23(27)19-9-8-12-21(17-19)32(28,29)25-14-6-1-2-7-15-25/h3-5,8-12,17H,1-2,6-7,13-16,18H2,(H,24,26). The fourth-order valence-corrected chi connectivity index (χ4v) is 5.71. The van der Waals surface area contributed by atoms with Crippen molar-refractivity contribution in [2.24, 2.45) is 0 Å². The first-order valence-corrected chi connectivity index (χ1v) is 13.1. The van der Waals surface area contributed by atoms with E-state index in [0.29, 0.717) is 25.4 Å². The zero-order valence-electron chi connectivity index (χ0n) is 17.9. The van der Waals surface area contributed by atoms with E-state index in [1.807, 2.05) is 30.3 Å². The van der Waals surface area contributed by atoms with Crippen molar-refractivity contribution in [2.45, 2.75) is 35.5 Å². The van der Waals surface area contributed by atoms with E-state index in [9.17, 15) is 18.0 Å². The molecule has 0 aliphatic carbocycles. The second-order valence-corrected chi connectivity index (χ2v) is 10.5. The maximum absolute atomic E-state index is 12.9. The SMILES string of the molecule is O=C(COC(=O)c1cccc(S(=O)(=O)N2CCCCCC2)c1)NCCSc1ccccc1. The van der Waals surface area contributed by atoms with Gasteiger partial charge in [-0.1, -0.05) is 37.1 Å². The first kappa shape index (κ1) is 24.3. The van der Waals surface area contributed by atoms with Gasteiger partial charge in [0.15, 0.2) is 6.61 Å². The van der Waals surface area contributed by atoms with E-state index in [1.54, 1.807) is 11.8 Å². The Morgan fingerprint density at radius 3 is 2.41 bits per heavy atom. The number of sulfonamides is 1. The van der Waals surface area contributed by atoms with Gasteiger partial charge in [0.2, 0.25) is 10.0 Å². The summed E-state index contributed by atoms with van der Waals surface area (Å²) in [6, 6.07) is 15.6. The maximum atomic E-state index is 12.9. The van der Waals surface area contributed by atoms with Gasteiger partial charge in [0.25, 0.3) is 5.91 Å². The molecule has 0 aromatic heterocycles. The van der Waals surface area contributed by atoms with Crippen LogP contribution in [0.4, 0.5) is 0 Å². The lowest BCUT2D eigenvalue weighted by Crippen LogP contribution is -2.32. The molecule has 172 valence electrons. The third kappa shape index (κ3) is 7.08. The highest BCUT2D eigenvalue weighted by molar-refractivity contribution is 7.99. The summed E-state index contributed by atoms with van der Waals surface area (Å²) in [6.07, 6.45) is 3.71. The highest BCUT2D eigenvalue weighted by Gasteiger charge is 2.26. The first-order chi connectivity index (χ1) is 15.5. The molecule has 1 aliphatic heterocycles. The van der Waals surface area contributed by atoms with Crippen molar-refractivity contribution in [1.82, 2.24) is 9.62 Å². The van der Waals surface area contributed by atoms with Crippen molar-refractivity contribution in [3.05, 3.63) is 60.2 Å². The minimum atomic E-state index is -3.67. The summed E-state index contributed by atoms with van der Waals surface area (Å²) in [5, 5.41) is 2.70. The molecule has 0 bridgehead atoms. The normalized spacial score (nSPS) is 15.0. The number of benzene rings is 2. The third-order valence-electron chi connectivity index (χ3n) is 5.04. The van der Waals surface area contributed by atoms with Gasteiger partial charge in [0.05, 0.1) is 10.5 Å². The number of nitrogens with one attached hydrogen (secondary N) is 1. The average molecular weight is 477 g/mol. The van der Waals surface area contributed by atoms with Gasteiger partial charge in [0.1, 0.15) is 0 Å². The van der Waals surface area contributed by atoms with Gasteiger partial charge in [-0.3, -0.25) is 4.79 Å². The lowest BCUT2D eigenvalue weighted by Gasteiger charge is -2.20. The Morgan fingerprint density at radius 1 is 0.969 bits per heavy atom. The van der Waals surface area contributed by atoms with E-state index >= 15 is 0 Å². The van der Waals surface area contributed by atoms with Crippen LogP contribution in [0.2, 0.25) is 0 Å². The molecule has 1 aliphatic rings. The number of hydrogen-bond acceptors (Lipinski definition) is 6. The van der Waals surface area contributed by atoms with E-state index in [4.69, 9.17) is 4.74 Å². The molecule has 0 unspecified atom stereocenters. The summed E-state index contributed by atoms with van der Waals surface area (Å²) in [5.74, 6) is -0.438. The van der Waals surface area contributed by atoms with Crippen molar-refractivity contribution in [1.29, 1.82) is 0 Å². The number of ether oxygens (including phenoxy) is 1. The van der Waals surface area contributed by atoms with Crippen LogP contribution in [-0.2, 0) is 19.6 Å². The third-order valence-corrected chi connectivity index (χ3v) is 7.95. The van der Waals surface area contributed by atoms with Crippen molar-refractivity contribution in [3.63, 3.8) is 0 Å². The van der Waals surface area contributed by atoms with Gasteiger partial charge in [-0.05, 0) is 43.2 Å². The maximum Gasteiger partial charge on any atom is 0.338 e. The van der Waals surface area contributed by atoms with Gasteiger partial charge in [-0.2, -0.15) is 4.31 Å². The number of esters is 1. The number of carbonyl (C=O) groups is 2. The molecule has 1 saturated heterocycles. The molecule has 0 atom stereocenters. The number of amides is 1. The molecular weight excluding hydrogens is 448 g/mol. The second kappa shape index (κ2) is 12.0. The van der Waals surface area contributed by atoms with Crippen molar-refractivity contribution in [2.75, 3.05) is 32.0 Å². The molecule has 2 aromatic carbocycles. The van der Waals surface area contributed by atoms with Gasteiger partial charge in [-0.25, -0.2) is 13.2 Å². The van der Waals surface area contributed by atoms with Crippen LogP contribution in [0.5, 0.6) is 0 Å². The molecule has 1 N–H and O–H groups in total. The van der Waals surface area contributed by atoms with Gasteiger partial charge < -0.3 is 10.1 Å². The summed E-state index contributed by atoms with van der Waals surface area (Å²) in [6.45, 7) is 0.997. The zero-order chi connectivity index (χ0) is 22.8. The summed E-state index contributed by atoms with van der Waals surface area (Å²) in [5.41, 5.74) is 0.105. The Morgan fingerprint density at radius 2 is 1.69 bits per heavy atom. The predicted molar refractivity (Wildman–Crippen MR) is 124 cm³/mol. The Labute approximate surface area is 193 Å². The number of nitrogens with zero attached hydrogens (tertiary/aromatic N) is 1. The highest BCUT2D eigenvalue weighted by Crippen LogP contribution is 2.21. The van der Waals surface area contributed by atoms with Crippen molar-refractivity contribution < 1.29 is 22.7 Å². The second-order valence-electron chi connectivity index (χ2n) is 7.43. The van der Waals surface area contributed by atoms with Crippen LogP contribution in [0.25, 0.3) is 0 Å². The van der Waals surface area contributed by atoms with E-state index in [1.165, 1.54) is 28.6 Å². The van der Waals surface area contributed by atoms with Crippen LogP contribution in [-0.4, -0.2) is 56.6 Å². The summed E-state index contributed by atoms with van der Waals surface area (Å²) < 4.78 is 32.4. The predicted octanol–water partition coefficient (Wildman–Crippen LogP) is 3.32. The molecule has 32 heavy (non-hydrogen) atoms. The molecule has 1 fully saturated rings. The highest BCUT2D eigenvalue weighted by atomic mass is 32.2. The van der Waals surface area contributed by atoms with E-state index < -0.39 is 28.5 Å². The Hall–Kier alpha value is -2.36. The van der Waals surface area contributed by atoms with E-state index in [0.717, 1.165) is 30.6 Å². The summed E-state index contributed by atoms with van der Waals surface area (Å²) >= 11 is 1.62. The molecule has 0 spiro atoms. The molecule has 0 radical (unpaired) electrons. The molecular formula is C23H28N2O5S2. The molecule has 0 saturated carbocycles. The van der Waals surface area contributed by atoms with Crippen LogP contribution in [0.3, 0.4) is 0 Å². The number of rotatable bonds is 9. The van der Waals surface area contributed by atoms with Crippen LogP contribution < -0.4 is 5.32 Å². The molecule has 9 heteroatoms. The summed E-state index contributed by atoms with van der Waals surface area (Å²) in [7, 11) is -3.67. The lowest BCUT2D eigenvalue weighted by molar-refractivity contribution is -0.124. The zero-order valence-corrected chi connectivity index (χ0v) is 19.5. The number of carbonyl (C=O) groups excluding carboxylic acids is 2. The van der Waals surface area contributed by atoms with Gasteiger partial charge in [0, 0.05) is 30.3 Å². The molecule has 1 amide bonds. The number of hydrogen-bond donors (Lipinski definition) is 1. The van der Waals surface area contributed by atoms with E-state index in [-0.39, 0.29) is 10.5 Å². The van der Waals surface area contributed by atoms with Crippen molar-refractivity contribution in [3.8, 4) is 0 Å². The monoisotopic (exact) mass is 476 g/mol.